The van der Waals surface area contributed by atoms with Crippen molar-refractivity contribution in [3.63, 3.8) is 0 Å². The van der Waals surface area contributed by atoms with Crippen molar-refractivity contribution in [1.29, 1.82) is 0 Å². The smallest absolute Gasteiger partial charge is 0.546 e. The molecule has 0 aliphatic carbocycles. The Morgan fingerprint density at radius 2 is 2.00 bits per heavy atom. The van der Waals surface area contributed by atoms with Crippen LogP contribution in [0.25, 0.3) is 0 Å². The molecule has 0 spiro atoms. The highest BCUT2D eigenvalue weighted by molar-refractivity contribution is 7.79. The van der Waals surface area contributed by atoms with Gasteiger partial charge in [-0.25, -0.2) is 4.55 Å². The summed E-state index contributed by atoms with van der Waals surface area (Å²) in [5, 5.41) is 18.5. The van der Waals surface area contributed by atoms with Crippen molar-refractivity contribution in [2.24, 2.45) is 5.28 Å². The maximum absolute atomic E-state index is 9.50. The molecular formula is H2N2O5S. The average Bonchev–Trinajstić information content (AvgIpc) is 1.62. The Kier molecular flexibility index (Phi) is 1.71. The predicted molar refractivity (Wildman–Crippen MR) is 19.4 cm³/mol. The Bertz CT molecular complexity index is 186. The molecule has 0 aliphatic rings. The molecule has 8 heteroatoms. The van der Waals surface area contributed by atoms with E-state index in [9.17, 15) is 13.6 Å². The SMILES string of the molecule is O=S(=O)(O)/[N+]([O-])=N\O. The molecule has 0 aromatic rings. The largest absolute Gasteiger partial charge is 0.579 e. The first-order valence-electron chi connectivity index (χ1n) is 1.28. The number of rotatable bonds is 1. The fraction of sp³-hybridized carbons (Fsp3) is 0. The van der Waals surface area contributed by atoms with Gasteiger partial charge in [-0.05, 0) is 0 Å². The molecule has 0 aromatic heterocycles. The van der Waals surface area contributed by atoms with Gasteiger partial charge in [-0.15, -0.1) is 8.42 Å². The van der Waals surface area contributed by atoms with Gasteiger partial charge >= 0.3 is 10.3 Å². The second kappa shape index (κ2) is 1.92. The van der Waals surface area contributed by atoms with Crippen LogP contribution in [0.4, 0.5) is 0 Å². The highest BCUT2D eigenvalue weighted by Gasteiger charge is 2.15. The number of nitrogens with zero attached hydrogens (tertiary/aromatic N) is 2. The Hall–Kier alpha value is -0.890. The first kappa shape index (κ1) is 7.11. The summed E-state index contributed by atoms with van der Waals surface area (Å²) in [4.78, 5) is 0. The predicted octanol–water partition coefficient (Wildman–Crippen LogP) is -0.859. The van der Waals surface area contributed by atoms with Crippen molar-refractivity contribution in [3.05, 3.63) is 5.21 Å². The lowest BCUT2D eigenvalue weighted by atomic mass is 12.9. The molecule has 0 heterocycles. The normalized spacial score (nSPS) is 13.9. The third kappa shape index (κ3) is 1.71. The second-order valence-electron chi connectivity index (χ2n) is 0.775. The maximum Gasteiger partial charge on any atom is 0.546 e. The van der Waals surface area contributed by atoms with Crippen LogP contribution in [0.3, 0.4) is 0 Å². The first-order valence-corrected chi connectivity index (χ1v) is 2.68. The lowest BCUT2D eigenvalue weighted by Crippen LogP contribution is -2.10. The minimum atomic E-state index is -4.89. The molecule has 0 saturated heterocycles. The molecule has 2 N–H and O–H groups in total. The van der Waals surface area contributed by atoms with Crippen molar-refractivity contribution in [2.75, 3.05) is 0 Å². The molecule has 0 aromatic carbocycles. The van der Waals surface area contributed by atoms with Crippen LogP contribution in [0.5, 0.6) is 0 Å². The minimum absolute atomic E-state index is 1.23. The quantitative estimate of drug-likeness (QED) is 0.214. The molecule has 0 bridgehead atoms. The van der Waals surface area contributed by atoms with Gasteiger partial charge in [0.15, 0.2) is 0 Å². The van der Waals surface area contributed by atoms with E-state index < -0.39 is 14.6 Å². The Morgan fingerprint density at radius 1 is 1.62 bits per heavy atom. The van der Waals surface area contributed by atoms with E-state index in [1.165, 1.54) is 0 Å². The molecule has 0 fully saturated rings. The molecule has 0 rings (SSSR count). The standard InChI is InChI=1S/H2N2O5S/c3-1-2(4)8(5,6)7/h3H,(H,5,6,7)/b2-1-. The summed E-state index contributed by atoms with van der Waals surface area (Å²) in [7, 11) is -4.89. The molecule has 7 nitrogen and oxygen atoms in total. The fourth-order valence-electron chi connectivity index (χ4n) is 0.0461. The maximum atomic E-state index is 9.50. The molecular weight excluding hydrogens is 140 g/mol. The van der Waals surface area contributed by atoms with E-state index in [2.05, 4.69) is 0 Å². The zero-order valence-corrected chi connectivity index (χ0v) is 4.24. The average molecular weight is 142 g/mol. The summed E-state index contributed by atoms with van der Waals surface area (Å²) in [6.45, 7) is 0. The van der Waals surface area contributed by atoms with Crippen molar-refractivity contribution in [2.45, 2.75) is 0 Å². The van der Waals surface area contributed by atoms with Crippen LogP contribution in [0.15, 0.2) is 5.28 Å². The molecule has 0 aliphatic heterocycles. The van der Waals surface area contributed by atoms with Crippen LogP contribution < -0.4 is 0 Å². The van der Waals surface area contributed by atoms with Crippen LogP contribution >= 0.6 is 0 Å². The second-order valence-corrected chi connectivity index (χ2v) is 1.98. The van der Waals surface area contributed by atoms with Gasteiger partial charge in [0.25, 0.3) is 0 Å². The Balaban J connectivity index is 4.55. The van der Waals surface area contributed by atoms with Crippen molar-refractivity contribution in [1.82, 2.24) is 0 Å². The monoisotopic (exact) mass is 142 g/mol. The third-order valence-corrected chi connectivity index (χ3v) is 0.738. The summed E-state index contributed by atoms with van der Waals surface area (Å²) in [6, 6.07) is 0. The fourth-order valence-corrected chi connectivity index (χ4v) is 0.138. The highest BCUT2D eigenvalue weighted by atomic mass is 32.2. The van der Waals surface area contributed by atoms with Gasteiger partial charge in [0.1, 0.15) is 0 Å². The molecule has 0 amide bonds. The van der Waals surface area contributed by atoms with E-state index in [1.807, 2.05) is 0 Å². The summed E-state index contributed by atoms with van der Waals surface area (Å²) < 4.78 is 25.3. The van der Waals surface area contributed by atoms with Gasteiger partial charge in [-0.2, -0.15) is 0 Å². The summed E-state index contributed by atoms with van der Waals surface area (Å²) >= 11 is 0. The van der Waals surface area contributed by atoms with Gasteiger partial charge in [0.05, 0.1) is 4.27 Å². The van der Waals surface area contributed by atoms with Gasteiger partial charge in [-0.1, -0.05) is 0 Å². The van der Waals surface area contributed by atoms with E-state index in [1.54, 1.807) is 5.28 Å². The summed E-state index contributed by atoms with van der Waals surface area (Å²) in [6.07, 6.45) is 0. The minimum Gasteiger partial charge on any atom is -0.579 e. The lowest BCUT2D eigenvalue weighted by molar-refractivity contribution is -0.412. The molecule has 0 saturated carbocycles. The Labute approximate surface area is 44.3 Å². The van der Waals surface area contributed by atoms with E-state index in [-0.39, 0.29) is 0 Å². The van der Waals surface area contributed by atoms with Gasteiger partial charge in [0.2, 0.25) is 5.28 Å². The van der Waals surface area contributed by atoms with E-state index in [0.29, 0.717) is 0 Å². The van der Waals surface area contributed by atoms with Crippen LogP contribution in [0.1, 0.15) is 0 Å². The zero-order valence-electron chi connectivity index (χ0n) is 3.42. The first-order chi connectivity index (χ1) is 3.48. The van der Waals surface area contributed by atoms with Crippen LogP contribution in [0, 0.1) is 5.21 Å². The molecule has 0 unspecified atom stereocenters. The molecule has 0 radical (unpaired) electrons. The van der Waals surface area contributed by atoms with E-state index >= 15 is 0 Å². The van der Waals surface area contributed by atoms with E-state index in [0.717, 1.165) is 0 Å². The molecule has 0 atom stereocenters. The zero-order chi connectivity index (χ0) is 6.78. The topological polar surface area (TPSA) is 113 Å². The van der Waals surface area contributed by atoms with Gasteiger partial charge in [0, 0.05) is 0 Å². The van der Waals surface area contributed by atoms with Crippen LogP contribution in [-0.4, -0.2) is 22.4 Å². The number of hydrogen-bond acceptors (Lipinski definition) is 4. The third-order valence-electron chi connectivity index (χ3n) is 0.270. The van der Waals surface area contributed by atoms with Crippen LogP contribution in [-0.2, 0) is 10.3 Å². The summed E-state index contributed by atoms with van der Waals surface area (Å²) in [5.41, 5.74) is 0. The van der Waals surface area contributed by atoms with Crippen LogP contribution in [0.2, 0.25) is 0 Å². The Morgan fingerprint density at radius 3 is 2.00 bits per heavy atom. The van der Waals surface area contributed by atoms with Gasteiger partial charge < -0.3 is 10.4 Å². The van der Waals surface area contributed by atoms with E-state index in [4.69, 9.17) is 9.76 Å². The highest BCUT2D eigenvalue weighted by Crippen LogP contribution is 1.81. The van der Waals surface area contributed by atoms with Gasteiger partial charge in [-0.3, -0.25) is 0 Å². The molecule has 48 valence electrons. The number of hydrogen-bond donors (Lipinski definition) is 2. The van der Waals surface area contributed by atoms with Crippen molar-refractivity contribution in [3.8, 4) is 0 Å². The summed E-state index contributed by atoms with van der Waals surface area (Å²) in [5.74, 6) is 0. The molecule has 8 heavy (non-hydrogen) atoms. The lowest BCUT2D eigenvalue weighted by Gasteiger charge is -1.86. The van der Waals surface area contributed by atoms with Crippen molar-refractivity contribution < 1.29 is 22.4 Å². The van der Waals surface area contributed by atoms with Crippen molar-refractivity contribution >= 4 is 10.3 Å².